The predicted octanol–water partition coefficient (Wildman–Crippen LogP) is 2.17. The zero-order valence-corrected chi connectivity index (χ0v) is 11.6. The smallest absolute Gasteiger partial charge is 0.274 e. The van der Waals surface area contributed by atoms with Crippen LogP contribution in [0, 0.1) is 21.8 Å². The van der Waals surface area contributed by atoms with E-state index < -0.39 is 10.7 Å². The lowest BCUT2D eigenvalue weighted by Crippen LogP contribution is -2.26. The lowest BCUT2D eigenvalue weighted by Gasteiger charge is -2.13. The van der Waals surface area contributed by atoms with Gasteiger partial charge in [0.2, 0.25) is 0 Å². The summed E-state index contributed by atoms with van der Waals surface area (Å²) in [6.07, 6.45) is 1.14. The van der Waals surface area contributed by atoms with Crippen LogP contribution in [0.3, 0.4) is 0 Å². The topological polar surface area (TPSA) is 58.4 Å². The van der Waals surface area contributed by atoms with Gasteiger partial charge in [-0.25, -0.2) is 4.39 Å². The minimum Gasteiger partial charge on any atom is -0.312 e. The zero-order chi connectivity index (χ0) is 14.5. The molecule has 1 aromatic rings. The molecule has 0 amide bonds. The molecule has 0 aliphatic carbocycles. The van der Waals surface area contributed by atoms with Crippen molar-refractivity contribution in [3.63, 3.8) is 0 Å². The molecule has 6 heteroatoms. The minimum absolute atomic E-state index is 0.0273. The standard InChI is InChI=1S/C14H20FN3O2/c1-2-17-6-5-11(10-17)8-16-9-12-7-13(15)3-4-14(12)18(19)20/h3-4,7,11,16H,2,5-6,8-10H2,1H3. The lowest BCUT2D eigenvalue weighted by atomic mass is 10.1. The van der Waals surface area contributed by atoms with Crippen molar-refractivity contribution in [2.45, 2.75) is 19.9 Å². The molecule has 1 aliphatic heterocycles. The van der Waals surface area contributed by atoms with Crippen molar-refractivity contribution in [3.8, 4) is 0 Å². The fraction of sp³-hybridized carbons (Fsp3) is 0.571. The fourth-order valence-corrected chi connectivity index (χ4v) is 2.65. The summed E-state index contributed by atoms with van der Waals surface area (Å²) in [5.41, 5.74) is 0.376. The molecule has 1 atom stereocenters. The number of likely N-dealkylation sites (tertiary alicyclic amines) is 1. The van der Waals surface area contributed by atoms with Gasteiger partial charge in [-0.05, 0) is 44.1 Å². The van der Waals surface area contributed by atoms with Gasteiger partial charge in [0.25, 0.3) is 5.69 Å². The number of nitro groups is 1. The molecule has 2 rings (SSSR count). The van der Waals surface area contributed by atoms with E-state index in [0.29, 0.717) is 18.0 Å². The van der Waals surface area contributed by atoms with Gasteiger partial charge in [0.15, 0.2) is 0 Å². The molecule has 1 aliphatic rings. The molecule has 1 aromatic carbocycles. The number of benzene rings is 1. The fourth-order valence-electron chi connectivity index (χ4n) is 2.65. The average molecular weight is 281 g/mol. The first-order chi connectivity index (χ1) is 9.60. The van der Waals surface area contributed by atoms with Gasteiger partial charge in [-0.2, -0.15) is 0 Å². The second-order valence-corrected chi connectivity index (χ2v) is 5.21. The van der Waals surface area contributed by atoms with Crippen molar-refractivity contribution in [2.24, 2.45) is 5.92 Å². The number of nitro benzene ring substituents is 1. The number of hydrogen-bond acceptors (Lipinski definition) is 4. The van der Waals surface area contributed by atoms with Crippen LogP contribution in [0.2, 0.25) is 0 Å². The highest BCUT2D eigenvalue weighted by molar-refractivity contribution is 5.40. The molecule has 1 unspecified atom stereocenters. The summed E-state index contributed by atoms with van der Waals surface area (Å²) in [5, 5.41) is 14.1. The first kappa shape index (κ1) is 14.9. The zero-order valence-electron chi connectivity index (χ0n) is 11.6. The van der Waals surface area contributed by atoms with Gasteiger partial charge in [0, 0.05) is 24.7 Å². The van der Waals surface area contributed by atoms with Gasteiger partial charge >= 0.3 is 0 Å². The minimum atomic E-state index is -0.467. The number of nitrogens with zero attached hydrogens (tertiary/aromatic N) is 2. The van der Waals surface area contributed by atoms with Crippen LogP contribution in [0.1, 0.15) is 18.9 Å². The highest BCUT2D eigenvalue weighted by Crippen LogP contribution is 2.20. The summed E-state index contributed by atoms with van der Waals surface area (Å²) in [4.78, 5) is 12.8. The van der Waals surface area contributed by atoms with E-state index in [1.54, 1.807) is 0 Å². The quantitative estimate of drug-likeness (QED) is 0.641. The van der Waals surface area contributed by atoms with E-state index in [1.165, 1.54) is 12.1 Å². The predicted molar refractivity (Wildman–Crippen MR) is 75.0 cm³/mol. The van der Waals surface area contributed by atoms with E-state index in [4.69, 9.17) is 0 Å². The van der Waals surface area contributed by atoms with E-state index in [9.17, 15) is 14.5 Å². The Kier molecular flexibility index (Phi) is 5.03. The molecule has 0 aromatic heterocycles. The van der Waals surface area contributed by atoms with E-state index in [1.807, 2.05) is 0 Å². The molecule has 0 radical (unpaired) electrons. The van der Waals surface area contributed by atoms with Gasteiger partial charge in [0.1, 0.15) is 5.82 Å². The van der Waals surface area contributed by atoms with Crippen LogP contribution in [-0.4, -0.2) is 36.0 Å². The number of nitrogens with one attached hydrogen (secondary N) is 1. The summed E-state index contributed by atoms with van der Waals surface area (Å²) >= 11 is 0. The van der Waals surface area contributed by atoms with Gasteiger partial charge in [0.05, 0.1) is 4.92 Å². The van der Waals surface area contributed by atoms with Crippen molar-refractivity contribution < 1.29 is 9.31 Å². The monoisotopic (exact) mass is 281 g/mol. The molecule has 5 nitrogen and oxygen atoms in total. The summed E-state index contributed by atoms with van der Waals surface area (Å²) < 4.78 is 13.2. The van der Waals surface area contributed by atoms with Crippen LogP contribution in [0.4, 0.5) is 10.1 Å². The normalized spacial score (nSPS) is 19.4. The van der Waals surface area contributed by atoms with E-state index >= 15 is 0 Å². The Morgan fingerprint density at radius 3 is 3.00 bits per heavy atom. The number of hydrogen-bond donors (Lipinski definition) is 1. The van der Waals surface area contributed by atoms with Crippen molar-refractivity contribution in [3.05, 3.63) is 39.7 Å². The van der Waals surface area contributed by atoms with Gasteiger partial charge in [-0.15, -0.1) is 0 Å². The van der Waals surface area contributed by atoms with Gasteiger partial charge < -0.3 is 10.2 Å². The Morgan fingerprint density at radius 2 is 2.35 bits per heavy atom. The summed E-state index contributed by atoms with van der Waals surface area (Å²) in [5.74, 6) is 0.132. The molecule has 0 bridgehead atoms. The summed E-state index contributed by atoms with van der Waals surface area (Å²) in [6, 6.07) is 3.58. The van der Waals surface area contributed by atoms with Crippen molar-refractivity contribution in [1.82, 2.24) is 10.2 Å². The molecule has 1 saturated heterocycles. The van der Waals surface area contributed by atoms with Crippen LogP contribution in [0.15, 0.2) is 18.2 Å². The third-order valence-corrected chi connectivity index (χ3v) is 3.80. The highest BCUT2D eigenvalue weighted by atomic mass is 19.1. The second-order valence-electron chi connectivity index (χ2n) is 5.21. The molecule has 110 valence electrons. The Morgan fingerprint density at radius 1 is 1.55 bits per heavy atom. The Balaban J connectivity index is 1.88. The first-order valence-electron chi connectivity index (χ1n) is 6.96. The maximum Gasteiger partial charge on any atom is 0.274 e. The van der Waals surface area contributed by atoms with Gasteiger partial charge in [-0.3, -0.25) is 10.1 Å². The summed E-state index contributed by atoms with van der Waals surface area (Å²) in [6.45, 7) is 6.52. The number of halogens is 1. The van der Waals surface area contributed by atoms with Crippen LogP contribution >= 0.6 is 0 Å². The Hall–Kier alpha value is -1.53. The van der Waals surface area contributed by atoms with Crippen molar-refractivity contribution in [1.29, 1.82) is 0 Å². The molecule has 1 N–H and O–H groups in total. The first-order valence-corrected chi connectivity index (χ1v) is 6.96. The molecule has 20 heavy (non-hydrogen) atoms. The van der Waals surface area contributed by atoms with Crippen molar-refractivity contribution in [2.75, 3.05) is 26.2 Å². The van der Waals surface area contributed by atoms with E-state index in [2.05, 4.69) is 17.1 Å². The van der Waals surface area contributed by atoms with E-state index in [-0.39, 0.29) is 5.69 Å². The molecular formula is C14H20FN3O2. The highest BCUT2D eigenvalue weighted by Gasteiger charge is 2.21. The Bertz CT molecular complexity index is 481. The third kappa shape index (κ3) is 3.74. The third-order valence-electron chi connectivity index (χ3n) is 3.80. The maximum atomic E-state index is 13.2. The maximum absolute atomic E-state index is 13.2. The number of rotatable bonds is 6. The molecule has 1 heterocycles. The largest absolute Gasteiger partial charge is 0.312 e. The van der Waals surface area contributed by atoms with Crippen molar-refractivity contribution >= 4 is 5.69 Å². The molecule has 0 spiro atoms. The molecule has 1 fully saturated rings. The average Bonchev–Trinajstić information content (AvgIpc) is 2.86. The molecule has 0 saturated carbocycles. The molecular weight excluding hydrogens is 261 g/mol. The van der Waals surface area contributed by atoms with Crippen LogP contribution in [-0.2, 0) is 6.54 Å². The lowest BCUT2D eigenvalue weighted by molar-refractivity contribution is -0.385. The Labute approximate surface area is 117 Å². The SMILES string of the molecule is CCN1CCC(CNCc2cc(F)ccc2[N+](=O)[O-])C1. The second kappa shape index (κ2) is 6.76. The van der Waals surface area contributed by atoms with E-state index in [0.717, 1.165) is 38.7 Å². The van der Waals surface area contributed by atoms with Crippen LogP contribution in [0.25, 0.3) is 0 Å². The van der Waals surface area contributed by atoms with Gasteiger partial charge in [-0.1, -0.05) is 6.92 Å². The van der Waals surface area contributed by atoms with Crippen LogP contribution < -0.4 is 5.32 Å². The summed E-state index contributed by atoms with van der Waals surface area (Å²) in [7, 11) is 0. The van der Waals surface area contributed by atoms with Crippen LogP contribution in [0.5, 0.6) is 0 Å².